The number of fused-ring (bicyclic) bond motifs is 1. The molecule has 9 heteroatoms. The maximum Gasteiger partial charge on any atom is 0.240 e. The van der Waals surface area contributed by atoms with Crippen molar-refractivity contribution in [2.24, 2.45) is 0 Å². The Bertz CT molecular complexity index is 1390. The fourth-order valence-corrected chi connectivity index (χ4v) is 4.74. The van der Waals surface area contributed by atoms with Crippen LogP contribution in [0.15, 0.2) is 72.8 Å². The van der Waals surface area contributed by atoms with Gasteiger partial charge in [0.05, 0.1) is 12.6 Å². The quantitative estimate of drug-likeness (QED) is 0.310. The standard InChI is InChI=1S/C29H29ClFN5O.H2S/c1-19-3-13-24(14-4-19)33-28-27(21-7-11-23(31)12-8-21)34-26-18-35(15-16-36(26)28)29(37)25(32-2)17-20-5-9-22(30)10-6-20;/h3-14,25,32-33H,15-18H2,1-2H3;1H2/t25-;/m0./s1. The summed E-state index contributed by atoms with van der Waals surface area (Å²) in [6.07, 6.45) is 0.568. The highest BCUT2D eigenvalue weighted by atomic mass is 35.5. The van der Waals surface area contributed by atoms with Crippen LogP contribution in [0.1, 0.15) is 17.0 Å². The molecule has 6 nitrogen and oxygen atoms in total. The van der Waals surface area contributed by atoms with E-state index in [1.165, 1.54) is 17.7 Å². The molecule has 0 bridgehead atoms. The smallest absolute Gasteiger partial charge is 0.240 e. The minimum Gasteiger partial charge on any atom is -0.340 e. The van der Waals surface area contributed by atoms with Crippen molar-refractivity contribution in [3.05, 3.63) is 101 Å². The van der Waals surface area contributed by atoms with Crippen molar-refractivity contribution in [2.75, 3.05) is 18.9 Å². The van der Waals surface area contributed by atoms with Gasteiger partial charge in [0.15, 0.2) is 0 Å². The maximum absolute atomic E-state index is 13.6. The minimum atomic E-state index is -0.357. The van der Waals surface area contributed by atoms with Crippen LogP contribution in [0, 0.1) is 12.7 Å². The first-order valence-electron chi connectivity index (χ1n) is 12.3. The van der Waals surface area contributed by atoms with Crippen molar-refractivity contribution in [1.82, 2.24) is 19.8 Å². The van der Waals surface area contributed by atoms with Gasteiger partial charge in [0.2, 0.25) is 5.91 Å². The predicted octanol–water partition coefficient (Wildman–Crippen LogP) is 5.68. The van der Waals surface area contributed by atoms with Gasteiger partial charge in [-0.2, -0.15) is 13.5 Å². The summed E-state index contributed by atoms with van der Waals surface area (Å²) in [6, 6.07) is 21.7. The Labute approximate surface area is 234 Å². The molecule has 0 aliphatic carbocycles. The Kier molecular flexibility index (Phi) is 8.76. The molecule has 3 aromatic carbocycles. The van der Waals surface area contributed by atoms with Crippen LogP contribution in [0.3, 0.4) is 0 Å². The Balaban J connectivity index is 0.00000336. The molecule has 1 aliphatic rings. The molecular formula is C29H31ClFN5OS. The number of carbonyl (C=O) groups excluding carboxylic acids is 1. The van der Waals surface area contributed by atoms with Gasteiger partial charge in [-0.25, -0.2) is 9.37 Å². The third-order valence-corrected chi connectivity index (χ3v) is 6.97. The third kappa shape index (κ3) is 6.04. The molecule has 1 amide bonds. The summed E-state index contributed by atoms with van der Waals surface area (Å²) in [4.78, 5) is 20.3. The largest absolute Gasteiger partial charge is 0.340 e. The van der Waals surface area contributed by atoms with E-state index < -0.39 is 0 Å². The average molecular weight is 552 g/mol. The molecule has 0 radical (unpaired) electrons. The SMILES string of the molecule is CN[C@@H](Cc1ccc(Cl)cc1)C(=O)N1CCn2c(nc(-c3ccc(F)cc3)c2Nc2ccc(C)cc2)C1.S. The lowest BCUT2D eigenvalue weighted by Gasteiger charge is -2.31. The topological polar surface area (TPSA) is 62.2 Å². The lowest BCUT2D eigenvalue weighted by molar-refractivity contribution is -0.134. The molecule has 2 N–H and O–H groups in total. The van der Waals surface area contributed by atoms with Gasteiger partial charge in [-0.3, -0.25) is 4.79 Å². The van der Waals surface area contributed by atoms with Crippen molar-refractivity contribution in [2.45, 2.75) is 32.5 Å². The number of hydrogen-bond acceptors (Lipinski definition) is 4. The number of anilines is 2. The second-order valence-corrected chi connectivity index (χ2v) is 9.74. The number of amides is 1. The van der Waals surface area contributed by atoms with Crippen molar-refractivity contribution >= 4 is 42.5 Å². The van der Waals surface area contributed by atoms with Crippen LogP contribution in [0.5, 0.6) is 0 Å². The average Bonchev–Trinajstić information content (AvgIpc) is 3.27. The fourth-order valence-electron chi connectivity index (χ4n) is 4.62. The van der Waals surface area contributed by atoms with Crippen molar-refractivity contribution < 1.29 is 9.18 Å². The number of rotatable bonds is 7. The Morgan fingerprint density at radius 3 is 2.37 bits per heavy atom. The van der Waals surface area contributed by atoms with Crippen LogP contribution >= 0.6 is 25.1 Å². The Morgan fingerprint density at radius 2 is 1.71 bits per heavy atom. The Morgan fingerprint density at radius 1 is 1.03 bits per heavy atom. The van der Waals surface area contributed by atoms with Gasteiger partial charge >= 0.3 is 0 Å². The van der Waals surface area contributed by atoms with Gasteiger partial charge < -0.3 is 20.1 Å². The summed E-state index contributed by atoms with van der Waals surface area (Å²) < 4.78 is 15.8. The summed E-state index contributed by atoms with van der Waals surface area (Å²) in [5.41, 5.74) is 4.70. The third-order valence-electron chi connectivity index (χ3n) is 6.72. The van der Waals surface area contributed by atoms with Gasteiger partial charge in [0.25, 0.3) is 0 Å². The molecule has 1 atom stereocenters. The number of carbonyl (C=O) groups is 1. The van der Waals surface area contributed by atoms with Gasteiger partial charge in [-0.1, -0.05) is 41.4 Å². The molecule has 38 heavy (non-hydrogen) atoms. The van der Waals surface area contributed by atoms with Crippen LogP contribution in [0.2, 0.25) is 5.02 Å². The number of nitrogens with zero attached hydrogens (tertiary/aromatic N) is 3. The summed E-state index contributed by atoms with van der Waals surface area (Å²) in [7, 11) is 1.81. The first-order chi connectivity index (χ1) is 17.9. The van der Waals surface area contributed by atoms with E-state index in [1.807, 2.05) is 60.4 Å². The number of aromatic nitrogens is 2. The lowest BCUT2D eigenvalue weighted by atomic mass is 10.0. The molecular weight excluding hydrogens is 521 g/mol. The van der Waals surface area contributed by atoms with E-state index in [2.05, 4.69) is 15.2 Å². The molecule has 0 unspecified atom stereocenters. The maximum atomic E-state index is 13.6. The highest BCUT2D eigenvalue weighted by molar-refractivity contribution is 7.59. The van der Waals surface area contributed by atoms with Gasteiger partial charge in [0.1, 0.15) is 23.2 Å². The van der Waals surface area contributed by atoms with Crippen molar-refractivity contribution in [3.63, 3.8) is 0 Å². The first-order valence-corrected chi connectivity index (χ1v) is 12.7. The first kappa shape index (κ1) is 27.7. The molecule has 0 spiro atoms. The zero-order valence-electron chi connectivity index (χ0n) is 21.3. The van der Waals surface area contributed by atoms with Crippen molar-refractivity contribution in [1.29, 1.82) is 0 Å². The molecule has 0 fully saturated rings. The van der Waals surface area contributed by atoms with E-state index in [4.69, 9.17) is 16.6 Å². The molecule has 0 saturated heterocycles. The number of likely N-dealkylation sites (N-methyl/N-ethyl adjacent to an activating group) is 1. The van der Waals surface area contributed by atoms with Crippen LogP contribution in [-0.4, -0.2) is 40.0 Å². The molecule has 2 heterocycles. The number of halogens is 2. The predicted molar refractivity (Wildman–Crippen MR) is 156 cm³/mol. The number of imidazole rings is 1. The monoisotopic (exact) mass is 551 g/mol. The minimum absolute atomic E-state index is 0. The number of nitrogens with one attached hydrogen (secondary N) is 2. The van der Waals surface area contributed by atoms with Crippen molar-refractivity contribution in [3.8, 4) is 11.3 Å². The highest BCUT2D eigenvalue weighted by Crippen LogP contribution is 2.33. The molecule has 198 valence electrons. The fraction of sp³-hybridized carbons (Fsp3) is 0.241. The summed E-state index contributed by atoms with van der Waals surface area (Å²) in [5, 5.41) is 7.36. The zero-order valence-corrected chi connectivity index (χ0v) is 23.1. The van der Waals surface area contributed by atoms with E-state index in [9.17, 15) is 9.18 Å². The number of hydrogen-bond donors (Lipinski definition) is 2. The van der Waals surface area contributed by atoms with Gasteiger partial charge in [-0.05, 0) is 74.5 Å². The molecule has 1 aliphatic heterocycles. The van der Waals surface area contributed by atoms with E-state index in [-0.39, 0.29) is 31.3 Å². The number of aryl methyl sites for hydroxylation is 1. The normalized spacial score (nSPS) is 13.4. The second-order valence-electron chi connectivity index (χ2n) is 9.31. The Hall–Kier alpha value is -3.33. The van der Waals surface area contributed by atoms with E-state index in [1.54, 1.807) is 19.2 Å². The van der Waals surface area contributed by atoms with Gasteiger partial charge in [-0.15, -0.1) is 0 Å². The van der Waals surface area contributed by atoms with E-state index >= 15 is 0 Å². The molecule has 1 aromatic heterocycles. The van der Waals surface area contributed by atoms with Crippen LogP contribution in [0.4, 0.5) is 15.9 Å². The molecule has 0 saturated carbocycles. The summed E-state index contributed by atoms with van der Waals surface area (Å²) in [6.45, 7) is 3.60. The lowest BCUT2D eigenvalue weighted by Crippen LogP contribution is -2.49. The van der Waals surface area contributed by atoms with Gasteiger partial charge in [0, 0.05) is 29.4 Å². The van der Waals surface area contributed by atoms with Crippen LogP contribution in [0.25, 0.3) is 11.3 Å². The molecule has 4 aromatic rings. The van der Waals surface area contributed by atoms with E-state index in [0.717, 1.165) is 34.2 Å². The summed E-state index contributed by atoms with van der Waals surface area (Å²) in [5.74, 6) is 1.36. The molecule has 5 rings (SSSR count). The second kappa shape index (κ2) is 12.0. The summed E-state index contributed by atoms with van der Waals surface area (Å²) >= 11 is 6.02. The van der Waals surface area contributed by atoms with Crippen LogP contribution in [-0.2, 0) is 24.3 Å². The zero-order chi connectivity index (χ0) is 25.9. The highest BCUT2D eigenvalue weighted by Gasteiger charge is 2.30. The van der Waals surface area contributed by atoms with Crippen LogP contribution < -0.4 is 10.6 Å². The number of benzene rings is 3. The van der Waals surface area contributed by atoms with E-state index in [0.29, 0.717) is 31.1 Å².